The molecule has 1 aromatic rings. The lowest BCUT2D eigenvalue weighted by Crippen LogP contribution is -2.42. The molecule has 1 fully saturated rings. The number of carbonyl (C=O) groups is 1. The molecular formula is C17H24N2O3S. The topological polar surface area (TPSA) is 59.6 Å². The second-order valence-corrected chi connectivity index (χ2v) is 6.44. The fourth-order valence-electron chi connectivity index (χ4n) is 2.20. The average molecular weight is 336 g/mol. The van der Waals surface area contributed by atoms with Gasteiger partial charge in [0.15, 0.2) is 5.11 Å². The number of benzene rings is 1. The molecule has 0 aromatic heterocycles. The molecule has 0 radical (unpaired) electrons. The van der Waals surface area contributed by atoms with E-state index in [1.807, 2.05) is 0 Å². The molecule has 1 saturated heterocycles. The Morgan fingerprint density at radius 1 is 1.39 bits per heavy atom. The van der Waals surface area contributed by atoms with Crippen molar-refractivity contribution in [1.29, 1.82) is 0 Å². The summed E-state index contributed by atoms with van der Waals surface area (Å²) in [6.07, 6.45) is 2.29. The number of carbonyl (C=O) groups excluding carboxylic acids is 1. The molecule has 126 valence electrons. The molecule has 1 aliphatic rings. The number of thiocarbonyl (C=S) groups is 1. The van der Waals surface area contributed by atoms with Crippen molar-refractivity contribution in [3.05, 3.63) is 29.8 Å². The fourth-order valence-corrected chi connectivity index (χ4v) is 2.37. The van der Waals surface area contributed by atoms with Crippen LogP contribution in [0.2, 0.25) is 0 Å². The third-order valence-electron chi connectivity index (χ3n) is 3.44. The lowest BCUT2D eigenvalue weighted by molar-refractivity contribution is 0.0973. The zero-order valence-corrected chi connectivity index (χ0v) is 14.4. The largest absolute Gasteiger partial charge is 0.493 e. The number of hydrogen-bond acceptors (Lipinski definition) is 4. The highest BCUT2D eigenvalue weighted by molar-refractivity contribution is 7.80. The van der Waals surface area contributed by atoms with Gasteiger partial charge in [0.1, 0.15) is 5.75 Å². The monoisotopic (exact) mass is 336 g/mol. The van der Waals surface area contributed by atoms with Crippen LogP contribution in [0, 0.1) is 5.92 Å². The Labute approximate surface area is 142 Å². The van der Waals surface area contributed by atoms with Gasteiger partial charge in [-0.15, -0.1) is 0 Å². The maximum Gasteiger partial charge on any atom is 0.257 e. The lowest BCUT2D eigenvalue weighted by atomic mass is 10.2. The molecule has 1 atom stereocenters. The summed E-state index contributed by atoms with van der Waals surface area (Å²) in [5, 5.41) is 6.02. The molecule has 1 aliphatic heterocycles. The molecule has 0 saturated carbocycles. The Morgan fingerprint density at radius 2 is 2.13 bits per heavy atom. The Balaban J connectivity index is 1.76. The quantitative estimate of drug-likeness (QED) is 0.782. The summed E-state index contributed by atoms with van der Waals surface area (Å²) in [4.78, 5) is 12.1. The average Bonchev–Trinajstić information content (AvgIpc) is 3.05. The highest BCUT2D eigenvalue weighted by Crippen LogP contribution is 2.13. The van der Waals surface area contributed by atoms with E-state index >= 15 is 0 Å². The molecule has 6 heteroatoms. The van der Waals surface area contributed by atoms with E-state index in [2.05, 4.69) is 24.5 Å². The summed E-state index contributed by atoms with van der Waals surface area (Å²) in [6.45, 7) is 6.26. The zero-order valence-electron chi connectivity index (χ0n) is 13.6. The second kappa shape index (κ2) is 8.84. The van der Waals surface area contributed by atoms with Gasteiger partial charge in [-0.1, -0.05) is 13.8 Å². The van der Waals surface area contributed by atoms with Crippen molar-refractivity contribution in [3.63, 3.8) is 0 Å². The summed E-state index contributed by atoms with van der Waals surface area (Å²) in [5.74, 6) is 0.991. The first-order chi connectivity index (χ1) is 11.0. The highest BCUT2D eigenvalue weighted by Gasteiger charge is 2.16. The van der Waals surface area contributed by atoms with Gasteiger partial charge in [0.2, 0.25) is 0 Å². The van der Waals surface area contributed by atoms with Crippen LogP contribution in [0.1, 0.15) is 37.0 Å². The maximum absolute atomic E-state index is 12.1. The highest BCUT2D eigenvalue weighted by atomic mass is 32.1. The van der Waals surface area contributed by atoms with Gasteiger partial charge in [-0.2, -0.15) is 0 Å². The molecule has 2 rings (SSSR count). The molecular weight excluding hydrogens is 312 g/mol. The smallest absolute Gasteiger partial charge is 0.257 e. The minimum absolute atomic E-state index is 0.183. The van der Waals surface area contributed by atoms with E-state index in [1.165, 1.54) is 0 Å². The van der Waals surface area contributed by atoms with Crippen LogP contribution in [0.15, 0.2) is 24.3 Å². The van der Waals surface area contributed by atoms with Gasteiger partial charge < -0.3 is 14.8 Å². The van der Waals surface area contributed by atoms with Crippen LogP contribution >= 0.6 is 12.2 Å². The van der Waals surface area contributed by atoms with E-state index in [0.717, 1.165) is 25.2 Å². The van der Waals surface area contributed by atoms with Gasteiger partial charge in [0, 0.05) is 18.7 Å². The molecule has 0 spiro atoms. The van der Waals surface area contributed by atoms with E-state index in [4.69, 9.17) is 21.7 Å². The van der Waals surface area contributed by atoms with E-state index in [-0.39, 0.29) is 12.0 Å². The summed E-state index contributed by atoms with van der Waals surface area (Å²) in [5.41, 5.74) is 0.545. The van der Waals surface area contributed by atoms with E-state index in [1.54, 1.807) is 24.3 Å². The Kier molecular flexibility index (Phi) is 6.80. The third-order valence-corrected chi connectivity index (χ3v) is 3.69. The standard InChI is InChI=1S/C17H24N2O3S/c1-12(2)11-22-14-7-5-13(6-8-14)16(20)19-17(23)18-10-15-4-3-9-21-15/h5-8,12,15H,3-4,9-11H2,1-2H3,(H2,18,19,20,23)/t15-/m1/s1. The van der Waals surface area contributed by atoms with Crippen LogP contribution in [0.3, 0.4) is 0 Å². The molecule has 1 amide bonds. The van der Waals surface area contributed by atoms with Crippen molar-refractivity contribution in [3.8, 4) is 5.75 Å². The van der Waals surface area contributed by atoms with Gasteiger partial charge in [0.05, 0.1) is 12.7 Å². The van der Waals surface area contributed by atoms with Crippen LogP contribution < -0.4 is 15.4 Å². The van der Waals surface area contributed by atoms with Crippen LogP contribution in [0.25, 0.3) is 0 Å². The first-order valence-corrected chi connectivity index (χ1v) is 8.39. The van der Waals surface area contributed by atoms with Gasteiger partial charge in [0.25, 0.3) is 5.91 Å². The van der Waals surface area contributed by atoms with Gasteiger partial charge in [-0.3, -0.25) is 10.1 Å². The van der Waals surface area contributed by atoms with Gasteiger partial charge >= 0.3 is 0 Å². The molecule has 0 bridgehead atoms. The van der Waals surface area contributed by atoms with Crippen LogP contribution in [0.4, 0.5) is 0 Å². The Hall–Kier alpha value is -1.66. The zero-order chi connectivity index (χ0) is 16.7. The van der Waals surface area contributed by atoms with Gasteiger partial charge in [-0.05, 0) is 55.2 Å². The lowest BCUT2D eigenvalue weighted by Gasteiger charge is -2.13. The van der Waals surface area contributed by atoms with Crippen molar-refractivity contribution >= 4 is 23.2 Å². The van der Waals surface area contributed by atoms with Crippen LogP contribution in [-0.4, -0.2) is 36.9 Å². The summed E-state index contributed by atoms with van der Waals surface area (Å²) in [7, 11) is 0. The predicted octanol–water partition coefficient (Wildman–Crippen LogP) is 2.50. The number of hydrogen-bond donors (Lipinski definition) is 2. The molecule has 1 aromatic carbocycles. The van der Waals surface area contributed by atoms with E-state index in [0.29, 0.717) is 29.7 Å². The molecule has 0 unspecified atom stereocenters. The van der Waals surface area contributed by atoms with Crippen molar-refractivity contribution in [2.24, 2.45) is 5.92 Å². The van der Waals surface area contributed by atoms with Crippen molar-refractivity contribution in [2.75, 3.05) is 19.8 Å². The number of rotatable bonds is 6. The van der Waals surface area contributed by atoms with Gasteiger partial charge in [-0.25, -0.2) is 0 Å². The second-order valence-electron chi connectivity index (χ2n) is 6.03. The number of nitrogens with one attached hydrogen (secondary N) is 2. The van der Waals surface area contributed by atoms with Crippen molar-refractivity contribution < 1.29 is 14.3 Å². The Morgan fingerprint density at radius 3 is 2.74 bits per heavy atom. The third kappa shape index (κ3) is 6.15. The summed E-state index contributed by atoms with van der Waals surface area (Å²) in [6, 6.07) is 7.04. The molecule has 23 heavy (non-hydrogen) atoms. The summed E-state index contributed by atoms with van der Waals surface area (Å²) >= 11 is 5.14. The Bertz CT molecular complexity index is 525. The van der Waals surface area contributed by atoms with E-state index in [9.17, 15) is 4.79 Å². The molecule has 0 aliphatic carbocycles. The fraction of sp³-hybridized carbons (Fsp3) is 0.529. The minimum Gasteiger partial charge on any atom is -0.493 e. The first-order valence-electron chi connectivity index (χ1n) is 7.98. The first kappa shape index (κ1) is 17.7. The molecule has 2 N–H and O–H groups in total. The number of amides is 1. The summed E-state index contributed by atoms with van der Waals surface area (Å²) < 4.78 is 11.1. The van der Waals surface area contributed by atoms with E-state index < -0.39 is 0 Å². The molecule has 1 heterocycles. The SMILES string of the molecule is CC(C)COc1ccc(C(=O)NC(=S)NC[C@H]2CCCO2)cc1. The minimum atomic E-state index is -0.231. The maximum atomic E-state index is 12.1. The molecule has 5 nitrogen and oxygen atoms in total. The van der Waals surface area contributed by atoms with Crippen molar-refractivity contribution in [2.45, 2.75) is 32.8 Å². The number of ether oxygens (including phenoxy) is 2. The van der Waals surface area contributed by atoms with Crippen LogP contribution in [0.5, 0.6) is 5.75 Å². The van der Waals surface area contributed by atoms with Crippen LogP contribution in [-0.2, 0) is 4.74 Å². The van der Waals surface area contributed by atoms with Crippen molar-refractivity contribution in [1.82, 2.24) is 10.6 Å². The normalized spacial score (nSPS) is 17.1. The predicted molar refractivity (Wildman–Crippen MR) is 93.8 cm³/mol.